The average Bonchev–Trinajstić information content (AvgIpc) is 3.03. The molecule has 0 spiro atoms. The molecule has 3 atom stereocenters. The molecule has 0 unspecified atom stereocenters. The van der Waals surface area contributed by atoms with E-state index in [2.05, 4.69) is 26.8 Å². The molecule has 4 heteroatoms. The van der Waals surface area contributed by atoms with Gasteiger partial charge in [-0.1, -0.05) is 37.5 Å². The molecular formula is C29H44O4. The van der Waals surface area contributed by atoms with Gasteiger partial charge in [0.25, 0.3) is 0 Å². The van der Waals surface area contributed by atoms with Crippen LogP contribution in [-0.2, 0) is 6.42 Å². The molecule has 1 aromatic rings. The number of aliphatic hydroxyl groups is 2. The SMILES string of the molecule is COc1cc(C)c(OC)c(C/C=C(\C)CC2=C(CC(C)(C)O)[C@@H](O)[C@]3(C)CCC[C@]3(C)C2)c1. The number of allylic oxidation sites excluding steroid dienone is 3. The Morgan fingerprint density at radius 1 is 1.18 bits per heavy atom. The van der Waals surface area contributed by atoms with Crippen molar-refractivity contribution in [1.82, 2.24) is 0 Å². The summed E-state index contributed by atoms with van der Waals surface area (Å²) >= 11 is 0. The highest BCUT2D eigenvalue weighted by Crippen LogP contribution is 2.62. The molecular weight excluding hydrogens is 412 g/mol. The van der Waals surface area contributed by atoms with E-state index in [1.807, 2.05) is 32.9 Å². The minimum atomic E-state index is -0.840. The van der Waals surface area contributed by atoms with E-state index in [1.165, 1.54) is 11.1 Å². The molecule has 0 aliphatic heterocycles. The lowest BCUT2D eigenvalue weighted by atomic mass is 9.55. The Labute approximate surface area is 200 Å². The minimum Gasteiger partial charge on any atom is -0.497 e. The van der Waals surface area contributed by atoms with Crippen molar-refractivity contribution < 1.29 is 19.7 Å². The van der Waals surface area contributed by atoms with Crippen LogP contribution in [0.5, 0.6) is 11.5 Å². The van der Waals surface area contributed by atoms with E-state index in [-0.39, 0.29) is 10.8 Å². The third kappa shape index (κ3) is 5.17. The second-order valence-corrected chi connectivity index (χ2v) is 11.6. The van der Waals surface area contributed by atoms with Crippen LogP contribution in [0.1, 0.15) is 84.3 Å². The third-order valence-electron chi connectivity index (χ3n) is 8.35. The summed E-state index contributed by atoms with van der Waals surface area (Å²) in [5.41, 5.74) is 4.99. The Hall–Kier alpha value is -1.78. The van der Waals surface area contributed by atoms with Crippen LogP contribution in [-0.4, -0.2) is 36.1 Å². The largest absolute Gasteiger partial charge is 0.497 e. The molecule has 33 heavy (non-hydrogen) atoms. The van der Waals surface area contributed by atoms with Crippen molar-refractivity contribution in [3.63, 3.8) is 0 Å². The molecule has 0 radical (unpaired) electrons. The molecule has 0 heterocycles. The van der Waals surface area contributed by atoms with Crippen molar-refractivity contribution in [3.05, 3.63) is 46.1 Å². The van der Waals surface area contributed by atoms with Gasteiger partial charge < -0.3 is 19.7 Å². The average molecular weight is 457 g/mol. The Morgan fingerprint density at radius 3 is 2.48 bits per heavy atom. The fourth-order valence-electron chi connectivity index (χ4n) is 6.28. The number of benzene rings is 1. The third-order valence-corrected chi connectivity index (χ3v) is 8.35. The van der Waals surface area contributed by atoms with Crippen molar-refractivity contribution >= 4 is 0 Å². The maximum Gasteiger partial charge on any atom is 0.125 e. The molecule has 0 aromatic heterocycles. The van der Waals surface area contributed by atoms with Crippen LogP contribution in [0.25, 0.3) is 0 Å². The topological polar surface area (TPSA) is 58.9 Å². The van der Waals surface area contributed by atoms with Gasteiger partial charge in [-0.2, -0.15) is 0 Å². The van der Waals surface area contributed by atoms with Gasteiger partial charge >= 0.3 is 0 Å². The molecule has 1 aromatic carbocycles. The van der Waals surface area contributed by atoms with Gasteiger partial charge in [0.2, 0.25) is 0 Å². The summed E-state index contributed by atoms with van der Waals surface area (Å²) in [7, 11) is 3.40. The maximum absolute atomic E-state index is 11.6. The first-order valence-electron chi connectivity index (χ1n) is 12.3. The lowest BCUT2D eigenvalue weighted by molar-refractivity contribution is -0.0373. The summed E-state index contributed by atoms with van der Waals surface area (Å²) in [6.45, 7) is 12.5. The predicted octanol–water partition coefficient (Wildman–Crippen LogP) is 6.31. The van der Waals surface area contributed by atoms with Gasteiger partial charge in [-0.15, -0.1) is 0 Å². The van der Waals surface area contributed by atoms with Crippen molar-refractivity contribution in [3.8, 4) is 11.5 Å². The first-order valence-corrected chi connectivity index (χ1v) is 12.3. The highest BCUT2D eigenvalue weighted by Gasteiger charge is 2.56. The Balaban J connectivity index is 1.91. The Kier molecular flexibility index (Phi) is 7.41. The second kappa shape index (κ2) is 9.46. The summed E-state index contributed by atoms with van der Waals surface area (Å²) in [5, 5.41) is 22.2. The van der Waals surface area contributed by atoms with Crippen molar-refractivity contribution in [2.45, 2.75) is 98.2 Å². The van der Waals surface area contributed by atoms with Crippen LogP contribution in [0, 0.1) is 17.8 Å². The number of fused-ring (bicyclic) bond motifs is 1. The zero-order chi connectivity index (χ0) is 24.6. The van der Waals surface area contributed by atoms with Gasteiger partial charge in [0.15, 0.2) is 0 Å². The molecule has 2 N–H and O–H groups in total. The number of hydrogen-bond donors (Lipinski definition) is 2. The van der Waals surface area contributed by atoms with Gasteiger partial charge in [-0.25, -0.2) is 0 Å². The Bertz CT molecular complexity index is 936. The summed E-state index contributed by atoms with van der Waals surface area (Å²) in [5.74, 6) is 1.75. The first-order chi connectivity index (χ1) is 15.3. The molecule has 0 bridgehead atoms. The van der Waals surface area contributed by atoms with E-state index in [0.29, 0.717) is 6.42 Å². The first kappa shape index (κ1) is 25.8. The highest BCUT2D eigenvalue weighted by atomic mass is 16.5. The van der Waals surface area contributed by atoms with E-state index in [0.717, 1.165) is 66.7 Å². The maximum atomic E-state index is 11.6. The minimum absolute atomic E-state index is 0.109. The van der Waals surface area contributed by atoms with E-state index < -0.39 is 11.7 Å². The van der Waals surface area contributed by atoms with Crippen molar-refractivity contribution in [1.29, 1.82) is 0 Å². The van der Waals surface area contributed by atoms with Crippen LogP contribution in [0.2, 0.25) is 0 Å². The van der Waals surface area contributed by atoms with Crippen LogP contribution >= 0.6 is 0 Å². The fourth-order valence-corrected chi connectivity index (χ4v) is 6.28. The molecule has 184 valence electrons. The quantitative estimate of drug-likeness (QED) is 0.450. The van der Waals surface area contributed by atoms with Gasteiger partial charge in [-0.05, 0) is 94.9 Å². The zero-order valence-corrected chi connectivity index (χ0v) is 22.0. The van der Waals surface area contributed by atoms with Crippen molar-refractivity contribution in [2.75, 3.05) is 14.2 Å². The molecule has 0 saturated heterocycles. The van der Waals surface area contributed by atoms with E-state index >= 15 is 0 Å². The van der Waals surface area contributed by atoms with Crippen LogP contribution < -0.4 is 9.47 Å². The van der Waals surface area contributed by atoms with Gasteiger partial charge in [-0.3, -0.25) is 0 Å². The predicted molar refractivity (Wildman–Crippen MR) is 135 cm³/mol. The van der Waals surface area contributed by atoms with Crippen LogP contribution in [0.4, 0.5) is 0 Å². The zero-order valence-electron chi connectivity index (χ0n) is 22.0. The summed E-state index contributed by atoms with van der Waals surface area (Å²) < 4.78 is 11.1. The summed E-state index contributed by atoms with van der Waals surface area (Å²) in [4.78, 5) is 0. The number of hydrogen-bond acceptors (Lipinski definition) is 4. The molecule has 3 rings (SSSR count). The number of rotatable bonds is 8. The normalized spacial score (nSPS) is 28.2. The van der Waals surface area contributed by atoms with Crippen LogP contribution in [0.15, 0.2) is 34.9 Å². The Morgan fingerprint density at radius 2 is 1.88 bits per heavy atom. The highest BCUT2D eigenvalue weighted by molar-refractivity contribution is 5.47. The number of ether oxygens (including phenoxy) is 2. The van der Waals surface area contributed by atoms with Crippen LogP contribution in [0.3, 0.4) is 0 Å². The lowest BCUT2D eigenvalue weighted by Gasteiger charge is -2.51. The van der Waals surface area contributed by atoms with E-state index in [4.69, 9.17) is 9.47 Å². The summed E-state index contributed by atoms with van der Waals surface area (Å²) in [6, 6.07) is 4.04. The monoisotopic (exact) mass is 456 g/mol. The number of methoxy groups -OCH3 is 2. The standard InChI is InChI=1S/C29H44O4/c1-19(10-11-21-16-23(32-7)15-20(2)25(21)33-8)14-22-17-28(5)12-9-13-29(28,6)26(30)24(22)18-27(3,4)31/h10,15-16,26,30-31H,9,11-14,17-18H2,1-8H3/b19-10+/t26-,28-,29+/m1/s1. The molecule has 1 saturated carbocycles. The molecule has 1 fully saturated rings. The second-order valence-electron chi connectivity index (χ2n) is 11.6. The van der Waals surface area contributed by atoms with Gasteiger partial charge in [0.05, 0.1) is 25.9 Å². The molecule has 2 aliphatic rings. The van der Waals surface area contributed by atoms with E-state index in [9.17, 15) is 10.2 Å². The number of aryl methyl sites for hydroxylation is 1. The van der Waals surface area contributed by atoms with E-state index in [1.54, 1.807) is 14.2 Å². The van der Waals surface area contributed by atoms with Gasteiger partial charge in [0, 0.05) is 11.0 Å². The molecule has 0 amide bonds. The number of aliphatic hydroxyl groups excluding tert-OH is 1. The van der Waals surface area contributed by atoms with Gasteiger partial charge in [0.1, 0.15) is 11.5 Å². The fraction of sp³-hybridized carbons (Fsp3) is 0.655. The molecule has 4 nitrogen and oxygen atoms in total. The smallest absolute Gasteiger partial charge is 0.125 e. The molecule has 2 aliphatic carbocycles. The summed E-state index contributed by atoms with van der Waals surface area (Å²) in [6.07, 6.45) is 8.26. The lowest BCUT2D eigenvalue weighted by Crippen LogP contribution is -2.48. The van der Waals surface area contributed by atoms with Crippen molar-refractivity contribution in [2.24, 2.45) is 10.8 Å².